The van der Waals surface area contributed by atoms with Crippen LogP contribution >= 0.6 is 0 Å². The van der Waals surface area contributed by atoms with E-state index in [1.807, 2.05) is 0 Å². The van der Waals surface area contributed by atoms with Crippen molar-refractivity contribution in [2.45, 2.75) is 4.90 Å². The van der Waals surface area contributed by atoms with Crippen LogP contribution in [0.5, 0.6) is 5.75 Å². The minimum absolute atomic E-state index is 0.100. The third-order valence-electron chi connectivity index (χ3n) is 4.50. The molecule has 0 aliphatic carbocycles. The fourth-order valence-corrected chi connectivity index (χ4v) is 4.38. The van der Waals surface area contributed by atoms with E-state index >= 15 is 0 Å². The van der Waals surface area contributed by atoms with Crippen molar-refractivity contribution in [2.24, 2.45) is 0 Å². The number of esters is 1. The van der Waals surface area contributed by atoms with Gasteiger partial charge in [-0.05, 0) is 42.5 Å². The van der Waals surface area contributed by atoms with E-state index in [0.29, 0.717) is 37.3 Å². The Balaban J connectivity index is 1.51. The van der Waals surface area contributed by atoms with Crippen LogP contribution in [0, 0.1) is 0 Å². The maximum absolute atomic E-state index is 12.6. The fraction of sp³-hybridized carbons (Fsp3) is 0.200. The summed E-state index contributed by atoms with van der Waals surface area (Å²) in [6.07, 6.45) is 0. The van der Waals surface area contributed by atoms with Gasteiger partial charge in [-0.2, -0.15) is 4.31 Å². The first kappa shape index (κ1) is 19.3. The second-order valence-electron chi connectivity index (χ2n) is 6.38. The summed E-state index contributed by atoms with van der Waals surface area (Å²) in [6, 6.07) is 13.2. The predicted molar refractivity (Wildman–Crippen MR) is 103 cm³/mol. The van der Waals surface area contributed by atoms with Crippen molar-refractivity contribution in [3.63, 3.8) is 0 Å². The molecule has 0 N–H and O–H groups in total. The number of sulfonamides is 1. The maximum atomic E-state index is 12.6. The molecule has 29 heavy (non-hydrogen) atoms. The first-order valence-corrected chi connectivity index (χ1v) is 10.3. The molecule has 0 atom stereocenters. The van der Waals surface area contributed by atoms with Crippen LogP contribution < -0.4 is 10.4 Å². The highest BCUT2D eigenvalue weighted by atomic mass is 32.2. The summed E-state index contributed by atoms with van der Waals surface area (Å²) in [6.45, 7) is 1.31. The zero-order valence-corrected chi connectivity index (χ0v) is 16.1. The van der Waals surface area contributed by atoms with E-state index in [-0.39, 0.29) is 16.2 Å². The van der Waals surface area contributed by atoms with Gasteiger partial charge in [-0.1, -0.05) is 0 Å². The number of carbonyl (C=O) groups is 1. The van der Waals surface area contributed by atoms with Gasteiger partial charge in [0, 0.05) is 30.6 Å². The summed E-state index contributed by atoms with van der Waals surface area (Å²) >= 11 is 0. The third-order valence-corrected chi connectivity index (χ3v) is 6.42. The van der Waals surface area contributed by atoms with Crippen LogP contribution in [0.2, 0.25) is 0 Å². The number of benzene rings is 2. The normalized spacial score (nSPS) is 15.3. The van der Waals surface area contributed by atoms with Crippen LogP contribution in [0.15, 0.2) is 68.7 Å². The van der Waals surface area contributed by atoms with Crippen molar-refractivity contribution in [1.82, 2.24) is 4.31 Å². The zero-order chi connectivity index (χ0) is 20.4. The molecule has 0 radical (unpaired) electrons. The molecule has 2 heterocycles. The SMILES string of the molecule is O=C(Oc1ccc2ccc(=O)oc2c1)c1ccc(S(=O)(=O)N2CCOCC2)cc1. The van der Waals surface area contributed by atoms with Gasteiger partial charge in [0.05, 0.1) is 23.7 Å². The first-order chi connectivity index (χ1) is 13.9. The summed E-state index contributed by atoms with van der Waals surface area (Å²) < 4.78 is 42.2. The van der Waals surface area contributed by atoms with Crippen molar-refractivity contribution in [1.29, 1.82) is 0 Å². The Hall–Kier alpha value is -3.01. The van der Waals surface area contributed by atoms with Crippen LogP contribution in [0.1, 0.15) is 10.4 Å². The molecular weight excluding hydrogens is 398 g/mol. The topological polar surface area (TPSA) is 103 Å². The van der Waals surface area contributed by atoms with Gasteiger partial charge < -0.3 is 13.9 Å². The van der Waals surface area contributed by atoms with Gasteiger partial charge in [-0.25, -0.2) is 18.0 Å². The largest absolute Gasteiger partial charge is 0.423 e. The van der Waals surface area contributed by atoms with Crippen molar-refractivity contribution >= 4 is 27.0 Å². The van der Waals surface area contributed by atoms with Gasteiger partial charge in [0.25, 0.3) is 0 Å². The molecule has 4 rings (SSSR count). The highest BCUT2D eigenvalue weighted by Crippen LogP contribution is 2.22. The minimum atomic E-state index is -3.63. The Morgan fingerprint density at radius 2 is 1.66 bits per heavy atom. The fourth-order valence-electron chi connectivity index (χ4n) is 2.97. The van der Waals surface area contributed by atoms with Crippen LogP contribution in [-0.4, -0.2) is 45.0 Å². The Kier molecular flexibility index (Phi) is 5.18. The highest BCUT2D eigenvalue weighted by Gasteiger charge is 2.26. The number of rotatable bonds is 4. The molecule has 1 saturated heterocycles. The molecule has 1 fully saturated rings. The Morgan fingerprint density at radius 3 is 2.38 bits per heavy atom. The lowest BCUT2D eigenvalue weighted by Crippen LogP contribution is -2.40. The summed E-state index contributed by atoms with van der Waals surface area (Å²) in [4.78, 5) is 23.8. The van der Waals surface area contributed by atoms with Gasteiger partial charge in [0.15, 0.2) is 0 Å². The number of carbonyl (C=O) groups excluding carboxylic acids is 1. The quantitative estimate of drug-likeness (QED) is 0.365. The van der Waals surface area contributed by atoms with Gasteiger partial charge in [0.2, 0.25) is 10.0 Å². The van der Waals surface area contributed by atoms with Crippen LogP contribution in [0.25, 0.3) is 11.0 Å². The van der Waals surface area contributed by atoms with Gasteiger partial charge in [0.1, 0.15) is 11.3 Å². The average molecular weight is 415 g/mol. The number of hydrogen-bond acceptors (Lipinski definition) is 7. The molecular formula is C20H17NO7S. The second kappa shape index (κ2) is 7.78. The molecule has 9 heteroatoms. The van der Waals surface area contributed by atoms with E-state index < -0.39 is 21.6 Å². The molecule has 0 spiro atoms. The lowest BCUT2D eigenvalue weighted by molar-refractivity contribution is 0.0730. The van der Waals surface area contributed by atoms with Crippen LogP contribution in [0.4, 0.5) is 0 Å². The lowest BCUT2D eigenvalue weighted by atomic mass is 10.2. The molecule has 2 aromatic carbocycles. The second-order valence-corrected chi connectivity index (χ2v) is 8.32. The van der Waals surface area contributed by atoms with Crippen molar-refractivity contribution in [3.05, 3.63) is 70.6 Å². The molecule has 150 valence electrons. The van der Waals surface area contributed by atoms with E-state index in [1.165, 1.54) is 40.7 Å². The zero-order valence-electron chi connectivity index (χ0n) is 15.2. The Morgan fingerprint density at radius 1 is 0.966 bits per heavy atom. The minimum Gasteiger partial charge on any atom is -0.423 e. The number of morpholine rings is 1. The van der Waals surface area contributed by atoms with Crippen LogP contribution in [-0.2, 0) is 14.8 Å². The molecule has 8 nitrogen and oxygen atoms in total. The summed E-state index contributed by atoms with van der Waals surface area (Å²) in [7, 11) is -3.63. The number of ether oxygens (including phenoxy) is 2. The molecule has 3 aromatic rings. The van der Waals surface area contributed by atoms with Gasteiger partial charge in [-0.3, -0.25) is 0 Å². The predicted octanol–water partition coefficient (Wildman–Crippen LogP) is 2.03. The molecule has 0 saturated carbocycles. The number of nitrogens with zero attached hydrogens (tertiary/aromatic N) is 1. The van der Waals surface area contributed by atoms with Crippen molar-refractivity contribution in [2.75, 3.05) is 26.3 Å². The Labute approximate surface area is 166 Å². The Bertz CT molecular complexity index is 1210. The lowest BCUT2D eigenvalue weighted by Gasteiger charge is -2.26. The molecule has 1 aliphatic heterocycles. The summed E-state index contributed by atoms with van der Waals surface area (Å²) in [5, 5.41) is 0.696. The van der Waals surface area contributed by atoms with Gasteiger partial charge >= 0.3 is 11.6 Å². The molecule has 1 aliphatic rings. The molecule has 1 aromatic heterocycles. The smallest absolute Gasteiger partial charge is 0.343 e. The van der Waals surface area contributed by atoms with E-state index in [0.717, 1.165) is 0 Å². The summed E-state index contributed by atoms with van der Waals surface area (Å²) in [5.74, 6) is -0.445. The monoisotopic (exact) mass is 415 g/mol. The standard InChI is InChI=1S/C20H17NO7S/c22-19-8-4-14-1-5-16(13-18(14)28-19)27-20(23)15-2-6-17(7-3-15)29(24,25)21-9-11-26-12-10-21/h1-8,13H,9-12H2. The van der Waals surface area contributed by atoms with Crippen LogP contribution in [0.3, 0.4) is 0 Å². The molecule has 0 amide bonds. The van der Waals surface area contributed by atoms with Crippen molar-refractivity contribution < 1.29 is 27.1 Å². The first-order valence-electron chi connectivity index (χ1n) is 8.87. The third kappa shape index (κ3) is 4.07. The van der Waals surface area contributed by atoms with Gasteiger partial charge in [-0.15, -0.1) is 0 Å². The van der Waals surface area contributed by atoms with Crippen molar-refractivity contribution in [3.8, 4) is 5.75 Å². The molecule has 0 unspecified atom stereocenters. The maximum Gasteiger partial charge on any atom is 0.343 e. The van der Waals surface area contributed by atoms with E-state index in [2.05, 4.69) is 0 Å². The van der Waals surface area contributed by atoms with E-state index in [9.17, 15) is 18.0 Å². The number of fused-ring (bicyclic) bond motifs is 1. The van der Waals surface area contributed by atoms with E-state index in [1.54, 1.807) is 18.2 Å². The van der Waals surface area contributed by atoms with E-state index in [4.69, 9.17) is 13.9 Å². The average Bonchev–Trinajstić information content (AvgIpc) is 2.74. The molecule has 0 bridgehead atoms. The summed E-state index contributed by atoms with van der Waals surface area (Å²) in [5.41, 5.74) is -0.00617. The number of hydrogen-bond donors (Lipinski definition) is 0. The highest BCUT2D eigenvalue weighted by molar-refractivity contribution is 7.89.